The molecule has 1 aliphatic rings. The molecule has 0 radical (unpaired) electrons. The van der Waals surface area contributed by atoms with Crippen molar-refractivity contribution in [1.29, 1.82) is 0 Å². The van der Waals surface area contributed by atoms with Crippen LogP contribution in [0.5, 0.6) is 11.5 Å². The van der Waals surface area contributed by atoms with Gasteiger partial charge in [-0.2, -0.15) is 10.2 Å². The Kier molecular flexibility index (Phi) is 7.42. The Morgan fingerprint density at radius 2 is 1.00 bits per heavy atom. The fraction of sp³-hybridized carbons (Fsp3) is 0.333. The number of azo groups is 1. The smallest absolute Gasteiger partial charge is 0.118 e. The maximum absolute atomic E-state index is 5.28. The molecule has 0 amide bonds. The van der Waals surface area contributed by atoms with Gasteiger partial charge in [-0.25, -0.2) is 0 Å². The topological polar surface area (TPSA) is 43.2 Å². The van der Waals surface area contributed by atoms with Crippen molar-refractivity contribution in [3.63, 3.8) is 0 Å². The van der Waals surface area contributed by atoms with Gasteiger partial charge in [-0.3, -0.25) is 0 Å². The van der Waals surface area contributed by atoms with Crippen LogP contribution in [0.1, 0.15) is 48.9 Å². The molecular weight excluding hydrogens is 348 g/mol. The van der Waals surface area contributed by atoms with Gasteiger partial charge in [0.2, 0.25) is 0 Å². The van der Waals surface area contributed by atoms with E-state index in [1.54, 1.807) is 14.2 Å². The summed E-state index contributed by atoms with van der Waals surface area (Å²) in [7, 11) is 3.36. The molecule has 2 aromatic carbocycles. The predicted octanol–water partition coefficient (Wildman–Crippen LogP) is 6.62. The molecule has 0 aliphatic carbocycles. The predicted molar refractivity (Wildman–Crippen MR) is 113 cm³/mol. The molecule has 1 heterocycles. The van der Waals surface area contributed by atoms with Gasteiger partial charge in [0.25, 0.3) is 0 Å². The summed E-state index contributed by atoms with van der Waals surface area (Å²) in [5, 5.41) is 9.50. The van der Waals surface area contributed by atoms with Crippen LogP contribution in [0.4, 0.5) is 0 Å². The van der Waals surface area contributed by atoms with E-state index in [-0.39, 0.29) is 12.1 Å². The van der Waals surface area contributed by atoms with Gasteiger partial charge in [0.15, 0.2) is 0 Å². The van der Waals surface area contributed by atoms with E-state index < -0.39 is 0 Å². The standard InChI is InChI=1S/C24H28N2O2/c1-27-21-15-11-19(12-16-21)23-9-7-5-3-4-6-8-10-24(26-25-23)20-13-17-22(28-2)18-14-20/h5-8,11-18,23-24H,3-4,9-10H2,1-2H3/b7-5+,8-6+,26-25+. The first kappa shape index (κ1) is 19.9. The van der Waals surface area contributed by atoms with E-state index in [9.17, 15) is 0 Å². The van der Waals surface area contributed by atoms with Crippen molar-refractivity contribution in [3.8, 4) is 11.5 Å². The number of hydrogen-bond acceptors (Lipinski definition) is 4. The Labute approximate surface area is 167 Å². The quantitative estimate of drug-likeness (QED) is 0.562. The fourth-order valence-corrected chi connectivity index (χ4v) is 3.19. The van der Waals surface area contributed by atoms with Gasteiger partial charge in [0.05, 0.1) is 26.3 Å². The molecule has 2 unspecified atom stereocenters. The minimum atomic E-state index is 0.00584. The second-order valence-electron chi connectivity index (χ2n) is 6.80. The maximum Gasteiger partial charge on any atom is 0.118 e. The highest BCUT2D eigenvalue weighted by Crippen LogP contribution is 2.30. The second kappa shape index (κ2) is 10.5. The number of ether oxygens (including phenoxy) is 2. The summed E-state index contributed by atoms with van der Waals surface area (Å²) < 4.78 is 10.6. The van der Waals surface area contributed by atoms with E-state index in [0.29, 0.717) is 0 Å². The molecule has 0 N–H and O–H groups in total. The van der Waals surface area contributed by atoms with Crippen LogP contribution in [0.3, 0.4) is 0 Å². The second-order valence-corrected chi connectivity index (χ2v) is 6.80. The molecule has 4 heteroatoms. The first-order valence-corrected chi connectivity index (χ1v) is 9.78. The monoisotopic (exact) mass is 376 g/mol. The van der Waals surface area contributed by atoms with Gasteiger partial charge < -0.3 is 9.47 Å². The van der Waals surface area contributed by atoms with Crippen LogP contribution in [0.25, 0.3) is 0 Å². The largest absolute Gasteiger partial charge is 0.497 e. The SMILES string of the molecule is COc1ccc(C2C/C=C/CC/C=C/CC(c3ccc(OC)cc3)/N=N/2)cc1. The lowest BCUT2D eigenvalue weighted by molar-refractivity contribution is 0.414. The van der Waals surface area contributed by atoms with Crippen LogP contribution in [-0.4, -0.2) is 14.2 Å². The number of benzene rings is 2. The van der Waals surface area contributed by atoms with Crippen molar-refractivity contribution in [2.45, 2.75) is 37.8 Å². The third-order valence-electron chi connectivity index (χ3n) is 4.90. The van der Waals surface area contributed by atoms with Crippen LogP contribution >= 0.6 is 0 Å². The van der Waals surface area contributed by atoms with Gasteiger partial charge in [0.1, 0.15) is 11.5 Å². The van der Waals surface area contributed by atoms with E-state index in [0.717, 1.165) is 48.3 Å². The average Bonchev–Trinajstić information content (AvgIpc) is 2.74. The summed E-state index contributed by atoms with van der Waals surface area (Å²) in [6, 6.07) is 16.2. The first-order valence-electron chi connectivity index (χ1n) is 9.78. The van der Waals surface area contributed by atoms with Gasteiger partial charge in [0, 0.05) is 0 Å². The molecule has 3 rings (SSSR count). The minimum Gasteiger partial charge on any atom is -0.497 e. The zero-order valence-corrected chi connectivity index (χ0v) is 16.6. The zero-order chi connectivity index (χ0) is 19.6. The van der Waals surface area contributed by atoms with Crippen LogP contribution in [0, 0.1) is 0 Å². The summed E-state index contributed by atoms with van der Waals surface area (Å²) in [4.78, 5) is 0. The molecule has 0 saturated heterocycles. The molecule has 146 valence electrons. The Hall–Kier alpha value is -2.88. The normalized spacial score (nSPS) is 23.6. The zero-order valence-electron chi connectivity index (χ0n) is 16.6. The number of allylic oxidation sites excluding steroid dienone is 2. The third-order valence-corrected chi connectivity index (χ3v) is 4.90. The molecule has 0 saturated carbocycles. The molecular formula is C24H28N2O2. The Balaban J connectivity index is 1.87. The van der Waals surface area contributed by atoms with Crippen molar-refractivity contribution in [1.82, 2.24) is 0 Å². The molecule has 28 heavy (non-hydrogen) atoms. The van der Waals surface area contributed by atoms with Crippen molar-refractivity contribution < 1.29 is 9.47 Å². The Morgan fingerprint density at radius 3 is 1.36 bits per heavy atom. The summed E-state index contributed by atoms with van der Waals surface area (Å²) in [6.07, 6.45) is 12.7. The van der Waals surface area contributed by atoms with Crippen LogP contribution in [0.2, 0.25) is 0 Å². The van der Waals surface area contributed by atoms with Gasteiger partial charge in [-0.1, -0.05) is 48.6 Å². The third kappa shape index (κ3) is 5.56. The van der Waals surface area contributed by atoms with Gasteiger partial charge in [-0.15, -0.1) is 0 Å². The highest BCUT2D eigenvalue weighted by atomic mass is 16.5. The lowest BCUT2D eigenvalue weighted by atomic mass is 10.0. The van der Waals surface area contributed by atoms with Gasteiger partial charge in [-0.05, 0) is 61.1 Å². The highest BCUT2D eigenvalue weighted by Gasteiger charge is 2.13. The molecule has 0 spiro atoms. The highest BCUT2D eigenvalue weighted by molar-refractivity contribution is 5.31. The maximum atomic E-state index is 5.28. The van der Waals surface area contributed by atoms with Gasteiger partial charge >= 0.3 is 0 Å². The Bertz CT molecular complexity index is 738. The molecule has 1 aliphatic heterocycles. The van der Waals surface area contributed by atoms with E-state index in [4.69, 9.17) is 19.7 Å². The summed E-state index contributed by atoms with van der Waals surface area (Å²) >= 11 is 0. The van der Waals surface area contributed by atoms with E-state index in [1.807, 2.05) is 24.3 Å². The summed E-state index contributed by atoms with van der Waals surface area (Å²) in [5.41, 5.74) is 2.30. The average molecular weight is 377 g/mol. The van der Waals surface area contributed by atoms with Crippen molar-refractivity contribution in [3.05, 3.63) is 84.0 Å². The van der Waals surface area contributed by atoms with Crippen LogP contribution in [-0.2, 0) is 0 Å². The first-order chi connectivity index (χ1) is 13.8. The lowest BCUT2D eigenvalue weighted by Crippen LogP contribution is -1.98. The lowest BCUT2D eigenvalue weighted by Gasteiger charge is -2.15. The van der Waals surface area contributed by atoms with Crippen LogP contribution < -0.4 is 9.47 Å². The number of nitrogens with zero attached hydrogens (tertiary/aromatic N) is 2. The molecule has 2 atom stereocenters. The molecule has 0 fully saturated rings. The minimum absolute atomic E-state index is 0.00584. The summed E-state index contributed by atoms with van der Waals surface area (Å²) in [6.45, 7) is 0. The van der Waals surface area contributed by atoms with Crippen molar-refractivity contribution >= 4 is 0 Å². The van der Waals surface area contributed by atoms with Crippen molar-refractivity contribution in [2.75, 3.05) is 14.2 Å². The number of rotatable bonds is 4. The number of hydrogen-bond donors (Lipinski definition) is 0. The van der Waals surface area contributed by atoms with Crippen molar-refractivity contribution in [2.24, 2.45) is 10.2 Å². The van der Waals surface area contributed by atoms with E-state index in [2.05, 4.69) is 48.6 Å². The molecule has 4 nitrogen and oxygen atoms in total. The summed E-state index contributed by atoms with van der Waals surface area (Å²) in [5.74, 6) is 1.70. The molecule has 0 aromatic heterocycles. The van der Waals surface area contributed by atoms with E-state index in [1.165, 1.54) is 0 Å². The Morgan fingerprint density at radius 1 is 0.607 bits per heavy atom. The molecule has 2 aromatic rings. The van der Waals surface area contributed by atoms with Crippen LogP contribution in [0.15, 0.2) is 83.1 Å². The number of methoxy groups -OCH3 is 2. The molecule has 0 bridgehead atoms. The fourth-order valence-electron chi connectivity index (χ4n) is 3.19. The van der Waals surface area contributed by atoms with E-state index >= 15 is 0 Å².